The molecule has 6 nitrogen and oxygen atoms in total. The fraction of sp³-hybridized carbons (Fsp3) is 0.167. The second kappa shape index (κ2) is 6.42. The van der Waals surface area contributed by atoms with Crippen LogP contribution in [0.1, 0.15) is 12.5 Å². The maximum Gasteiger partial charge on any atom is 0.573 e. The Balaban J connectivity index is 1.68. The van der Waals surface area contributed by atoms with Crippen LogP contribution in [0.5, 0.6) is 5.75 Å². The smallest absolute Gasteiger partial charge is 0.406 e. The number of allylic oxidation sites excluding steroid dienone is 1. The van der Waals surface area contributed by atoms with Gasteiger partial charge in [0, 0.05) is 23.6 Å². The van der Waals surface area contributed by atoms with Crippen molar-refractivity contribution < 1.29 is 22.5 Å². The second-order valence-electron chi connectivity index (χ2n) is 5.90. The van der Waals surface area contributed by atoms with Gasteiger partial charge in [-0.3, -0.25) is 5.10 Å². The number of halogens is 3. The fourth-order valence-corrected chi connectivity index (χ4v) is 3.04. The van der Waals surface area contributed by atoms with Crippen molar-refractivity contribution in [2.75, 3.05) is 11.4 Å². The fourth-order valence-electron chi connectivity index (χ4n) is 3.04. The number of anilines is 1. The SMILES string of the molecule is CC=[N+]1C=NC2=C1C(c1cn[nH]c1)=CN(c1ccc(OC(F)(F)F)cc1)C2. The molecule has 1 aromatic heterocycles. The van der Waals surface area contributed by atoms with Gasteiger partial charge in [-0.25, -0.2) is 4.58 Å². The second-order valence-corrected chi connectivity index (χ2v) is 5.90. The van der Waals surface area contributed by atoms with E-state index >= 15 is 0 Å². The Kier molecular flexibility index (Phi) is 4.06. The molecular weight excluding hydrogens is 359 g/mol. The molecule has 0 amide bonds. The number of aliphatic imine (C=N–C) groups is 1. The third-order valence-electron chi connectivity index (χ3n) is 4.22. The minimum absolute atomic E-state index is 0.257. The third kappa shape index (κ3) is 3.35. The quantitative estimate of drug-likeness (QED) is 0.837. The molecule has 1 N–H and O–H groups in total. The van der Waals surface area contributed by atoms with E-state index in [0.29, 0.717) is 6.54 Å². The molecule has 4 rings (SSSR count). The highest BCUT2D eigenvalue weighted by atomic mass is 19.4. The van der Waals surface area contributed by atoms with E-state index in [1.54, 1.807) is 30.9 Å². The molecular formula is C18H15F3N5O+. The minimum atomic E-state index is -4.71. The first-order valence-electron chi connectivity index (χ1n) is 8.13. The zero-order chi connectivity index (χ0) is 19.0. The summed E-state index contributed by atoms with van der Waals surface area (Å²) in [7, 11) is 0. The van der Waals surface area contributed by atoms with Gasteiger partial charge in [0.05, 0.1) is 24.5 Å². The Morgan fingerprint density at radius 2 is 2.04 bits per heavy atom. The van der Waals surface area contributed by atoms with Crippen LogP contribution in [0.2, 0.25) is 0 Å². The normalized spacial score (nSPS) is 18.1. The maximum atomic E-state index is 12.3. The van der Waals surface area contributed by atoms with Gasteiger partial charge < -0.3 is 9.64 Å². The number of aromatic nitrogens is 2. The van der Waals surface area contributed by atoms with Gasteiger partial charge in [0.2, 0.25) is 5.70 Å². The summed E-state index contributed by atoms with van der Waals surface area (Å²) in [5, 5.41) is 6.81. The van der Waals surface area contributed by atoms with E-state index in [1.807, 2.05) is 28.8 Å². The molecule has 1 aromatic carbocycles. The summed E-state index contributed by atoms with van der Waals surface area (Å²) in [5.74, 6) is -0.257. The average molecular weight is 374 g/mol. The van der Waals surface area contributed by atoms with E-state index in [9.17, 15) is 13.2 Å². The van der Waals surface area contributed by atoms with Crippen LogP contribution in [-0.4, -0.2) is 40.2 Å². The summed E-state index contributed by atoms with van der Waals surface area (Å²) >= 11 is 0. The number of nitrogens with one attached hydrogen (secondary N) is 1. The van der Waals surface area contributed by atoms with E-state index in [0.717, 1.165) is 28.2 Å². The molecule has 2 aliphatic heterocycles. The van der Waals surface area contributed by atoms with Gasteiger partial charge in [-0.05, 0) is 36.2 Å². The summed E-state index contributed by atoms with van der Waals surface area (Å²) in [4.78, 5) is 6.40. The van der Waals surface area contributed by atoms with E-state index in [4.69, 9.17) is 0 Å². The van der Waals surface area contributed by atoms with Crippen LogP contribution in [0.4, 0.5) is 18.9 Å². The molecule has 0 saturated carbocycles. The van der Waals surface area contributed by atoms with Gasteiger partial charge in [-0.15, -0.1) is 13.2 Å². The molecule has 3 heterocycles. The standard InChI is InChI=1S/C18H15F3N5O/c1-2-25-11-22-16-10-26(9-15(17(16)25)12-7-23-24-8-12)13-3-5-14(6-4-13)27-18(19,20)21/h2-9,11H,10H2,1H3,(H,23,24)/q+1. The van der Waals surface area contributed by atoms with Crippen LogP contribution in [0.3, 0.4) is 0 Å². The van der Waals surface area contributed by atoms with Gasteiger partial charge in [-0.2, -0.15) is 5.10 Å². The van der Waals surface area contributed by atoms with E-state index in [-0.39, 0.29) is 5.75 Å². The highest BCUT2D eigenvalue weighted by Crippen LogP contribution is 2.35. The summed E-state index contributed by atoms with van der Waals surface area (Å²) in [5.41, 5.74) is 4.36. The molecule has 27 heavy (non-hydrogen) atoms. The lowest BCUT2D eigenvalue weighted by molar-refractivity contribution is -0.320. The van der Waals surface area contributed by atoms with Crippen LogP contribution in [0.15, 0.2) is 59.2 Å². The topological polar surface area (TPSA) is 56.5 Å². The highest BCUT2D eigenvalue weighted by molar-refractivity contribution is 5.85. The van der Waals surface area contributed by atoms with E-state index in [1.165, 1.54) is 12.1 Å². The Labute approximate surface area is 152 Å². The predicted octanol–water partition coefficient (Wildman–Crippen LogP) is 3.53. The van der Waals surface area contributed by atoms with Crippen molar-refractivity contribution in [3.8, 4) is 5.75 Å². The first-order valence-corrected chi connectivity index (χ1v) is 8.13. The molecule has 0 radical (unpaired) electrons. The van der Waals surface area contributed by atoms with Crippen molar-refractivity contribution in [1.82, 2.24) is 10.2 Å². The van der Waals surface area contributed by atoms with E-state index in [2.05, 4.69) is 19.9 Å². The van der Waals surface area contributed by atoms with Gasteiger partial charge in [0.25, 0.3) is 6.34 Å². The lowest BCUT2D eigenvalue weighted by atomic mass is 10.0. The number of H-pyrrole nitrogens is 1. The number of nitrogens with zero attached hydrogens (tertiary/aromatic N) is 4. The molecule has 9 heteroatoms. The molecule has 0 spiro atoms. The van der Waals surface area contributed by atoms with Crippen molar-refractivity contribution in [3.05, 3.63) is 59.8 Å². The minimum Gasteiger partial charge on any atom is -0.406 e. The van der Waals surface area contributed by atoms with Crippen LogP contribution >= 0.6 is 0 Å². The average Bonchev–Trinajstić information content (AvgIpc) is 3.30. The molecule has 0 fully saturated rings. The Bertz CT molecular complexity index is 969. The van der Waals surface area contributed by atoms with Gasteiger partial charge >= 0.3 is 6.36 Å². The van der Waals surface area contributed by atoms with Crippen LogP contribution in [0.25, 0.3) is 5.57 Å². The van der Waals surface area contributed by atoms with Crippen molar-refractivity contribution in [2.45, 2.75) is 13.3 Å². The van der Waals surface area contributed by atoms with Crippen LogP contribution < -0.4 is 9.64 Å². The lowest BCUT2D eigenvalue weighted by Crippen LogP contribution is -2.25. The number of rotatable bonds is 3. The Morgan fingerprint density at radius 3 is 2.67 bits per heavy atom. The molecule has 2 aromatic rings. The van der Waals surface area contributed by atoms with Crippen LogP contribution in [0, 0.1) is 0 Å². The summed E-state index contributed by atoms with van der Waals surface area (Å²) in [6.07, 6.45) is 4.38. The Morgan fingerprint density at radius 1 is 1.26 bits per heavy atom. The van der Waals surface area contributed by atoms with Crippen molar-refractivity contribution >= 4 is 23.8 Å². The van der Waals surface area contributed by atoms with E-state index < -0.39 is 6.36 Å². The number of benzene rings is 1. The predicted molar refractivity (Wildman–Crippen MR) is 94.6 cm³/mol. The van der Waals surface area contributed by atoms with Gasteiger partial charge in [0.1, 0.15) is 5.75 Å². The molecule has 0 aliphatic carbocycles. The monoisotopic (exact) mass is 374 g/mol. The number of ether oxygens (including phenoxy) is 1. The largest absolute Gasteiger partial charge is 0.573 e. The number of hydrogen-bond acceptors (Lipinski definition) is 4. The number of aromatic amines is 1. The number of alkyl halides is 3. The Hall–Kier alpha value is -3.36. The van der Waals surface area contributed by atoms with Gasteiger partial charge in [-0.1, -0.05) is 0 Å². The van der Waals surface area contributed by atoms with Gasteiger partial charge in [0.15, 0.2) is 5.70 Å². The lowest BCUT2D eigenvalue weighted by Gasteiger charge is -2.25. The maximum absolute atomic E-state index is 12.3. The third-order valence-corrected chi connectivity index (χ3v) is 4.22. The molecule has 0 atom stereocenters. The summed E-state index contributed by atoms with van der Waals surface area (Å²) in [6, 6.07) is 5.75. The first kappa shape index (κ1) is 17.1. The first-order chi connectivity index (χ1) is 12.9. The molecule has 138 valence electrons. The van der Waals surface area contributed by atoms with Crippen molar-refractivity contribution in [2.24, 2.45) is 4.99 Å². The highest BCUT2D eigenvalue weighted by Gasteiger charge is 2.34. The van der Waals surface area contributed by atoms with Crippen molar-refractivity contribution in [3.63, 3.8) is 0 Å². The van der Waals surface area contributed by atoms with Crippen molar-refractivity contribution in [1.29, 1.82) is 0 Å². The number of hydrogen-bond donors (Lipinski definition) is 1. The molecule has 0 saturated heterocycles. The molecule has 0 bridgehead atoms. The summed E-state index contributed by atoms with van der Waals surface area (Å²) in [6.45, 7) is 2.41. The molecule has 2 aliphatic rings. The summed E-state index contributed by atoms with van der Waals surface area (Å²) < 4.78 is 42.9. The zero-order valence-electron chi connectivity index (χ0n) is 14.2. The zero-order valence-corrected chi connectivity index (χ0v) is 14.2. The molecule has 0 unspecified atom stereocenters. The van der Waals surface area contributed by atoms with Crippen LogP contribution in [-0.2, 0) is 0 Å².